The highest BCUT2D eigenvalue weighted by Gasteiger charge is 2.27. The van der Waals surface area contributed by atoms with Gasteiger partial charge in [0.2, 0.25) is 0 Å². The quantitative estimate of drug-likeness (QED) is 0.0211. The van der Waals surface area contributed by atoms with Crippen molar-refractivity contribution in [2.24, 2.45) is 0 Å². The molecule has 0 aromatic carbocycles. The van der Waals surface area contributed by atoms with E-state index in [-0.39, 0.29) is 26.1 Å². The minimum atomic E-state index is -4.43. The van der Waals surface area contributed by atoms with Crippen LogP contribution in [0.5, 0.6) is 0 Å². The summed E-state index contributed by atoms with van der Waals surface area (Å²) in [5, 5.41) is 0. The van der Waals surface area contributed by atoms with E-state index in [4.69, 9.17) is 18.5 Å². The van der Waals surface area contributed by atoms with Crippen LogP contribution in [0.25, 0.3) is 0 Å². The van der Waals surface area contributed by atoms with Crippen molar-refractivity contribution >= 4 is 19.8 Å². The van der Waals surface area contributed by atoms with E-state index in [0.29, 0.717) is 23.9 Å². The first kappa shape index (κ1) is 87.8. The fourth-order valence-corrected chi connectivity index (χ4v) is 9.22. The maximum absolute atomic E-state index is 12.9. The van der Waals surface area contributed by atoms with Crippen LogP contribution in [0.1, 0.15) is 219 Å². The second kappa shape index (κ2) is 71.1. The van der Waals surface area contributed by atoms with Crippen LogP contribution in [-0.2, 0) is 32.7 Å². The number of quaternary nitrogens is 1. The summed E-state index contributed by atoms with van der Waals surface area (Å²) in [6.45, 7) is 4.10. The molecular weight excluding hydrogens is 1180 g/mol. The zero-order valence-electron chi connectivity index (χ0n) is 59.3. The molecule has 0 amide bonds. The molecule has 0 aliphatic carbocycles. The standard InChI is InChI=1S/C84H128NO8P/c1-6-8-10-12-14-16-18-20-22-24-26-28-30-32-34-36-38-40-42-44-46-48-50-52-54-56-58-60-62-64-66-68-70-72-74-76-83(86)90-80-82(81-92-94(88,89)91-79-78-85(3,4)5)93-84(87)77-75-73-71-69-67-65-63-61-59-57-55-53-51-49-47-45-43-41-39-37-35-33-31-29-27-25-23-21-19-17-15-13-11-9-7-2/h8-11,14-17,20-23,26-29,32-35,38-41,44-47,50-53,56-59,62-65,82H,6-7,12-13,18-19,24-25,30-31,36-37,42-43,48-49,54-55,60-61,66-81H2,1-5H3/p+1/b10-8-,11-9-,16-14-,17-15-,22-20-,23-21-,28-26-,29-27-,34-32-,35-33-,40-38-,41-39-,46-44-,47-45-,52-50-,53-51-,58-56-,59-57-,64-62-,65-63-. The molecule has 0 aliphatic rings. The van der Waals surface area contributed by atoms with Gasteiger partial charge in [-0.2, -0.15) is 0 Å². The van der Waals surface area contributed by atoms with Gasteiger partial charge in [0.25, 0.3) is 0 Å². The van der Waals surface area contributed by atoms with Crippen LogP contribution in [0, 0.1) is 0 Å². The van der Waals surface area contributed by atoms with E-state index < -0.39 is 32.5 Å². The average molecular weight is 1310 g/mol. The minimum Gasteiger partial charge on any atom is -0.462 e. The third-order valence-corrected chi connectivity index (χ3v) is 14.9. The molecule has 0 bridgehead atoms. The smallest absolute Gasteiger partial charge is 0.462 e. The predicted octanol–water partition coefficient (Wildman–Crippen LogP) is 23.9. The number of carbonyl (C=O) groups is 2. The molecule has 0 aliphatic heterocycles. The van der Waals surface area contributed by atoms with Gasteiger partial charge >= 0.3 is 19.8 Å². The van der Waals surface area contributed by atoms with Crippen molar-refractivity contribution in [1.29, 1.82) is 0 Å². The Hall–Kier alpha value is -6.19. The summed E-state index contributed by atoms with van der Waals surface area (Å²) in [7, 11) is 1.40. The third kappa shape index (κ3) is 74.8. The fourth-order valence-electron chi connectivity index (χ4n) is 8.48. The predicted molar refractivity (Wildman–Crippen MR) is 407 cm³/mol. The fraction of sp³-hybridized carbons (Fsp3) is 0.500. The Labute approximate surface area is 574 Å². The number of unbranched alkanes of at least 4 members (excludes halogenated alkanes) is 8. The first-order valence-corrected chi connectivity index (χ1v) is 37.3. The lowest BCUT2D eigenvalue weighted by molar-refractivity contribution is -0.870. The number of phosphoric ester groups is 1. The minimum absolute atomic E-state index is 0.00698. The summed E-state index contributed by atoms with van der Waals surface area (Å²) in [5.74, 6) is -0.879. The topological polar surface area (TPSA) is 108 Å². The molecule has 2 atom stereocenters. The molecule has 0 saturated carbocycles. The number of hydrogen-bond donors (Lipinski definition) is 1. The Morgan fingerprint density at radius 1 is 0.330 bits per heavy atom. The van der Waals surface area contributed by atoms with Crippen LogP contribution in [0.2, 0.25) is 0 Å². The van der Waals surface area contributed by atoms with Gasteiger partial charge < -0.3 is 18.9 Å². The molecule has 0 fully saturated rings. The highest BCUT2D eigenvalue weighted by molar-refractivity contribution is 7.47. The van der Waals surface area contributed by atoms with Gasteiger partial charge in [-0.05, 0) is 167 Å². The molecule has 94 heavy (non-hydrogen) atoms. The van der Waals surface area contributed by atoms with E-state index in [1.807, 2.05) is 21.1 Å². The van der Waals surface area contributed by atoms with E-state index in [0.717, 1.165) is 180 Å². The van der Waals surface area contributed by atoms with Gasteiger partial charge in [0.15, 0.2) is 6.10 Å². The largest absolute Gasteiger partial charge is 0.472 e. The number of ether oxygens (including phenoxy) is 2. The molecule has 0 radical (unpaired) electrons. The first-order chi connectivity index (χ1) is 46.0. The van der Waals surface area contributed by atoms with Crippen molar-refractivity contribution in [3.8, 4) is 0 Å². The van der Waals surface area contributed by atoms with Crippen molar-refractivity contribution in [2.75, 3.05) is 47.5 Å². The molecule has 2 unspecified atom stereocenters. The monoisotopic (exact) mass is 1310 g/mol. The van der Waals surface area contributed by atoms with E-state index in [9.17, 15) is 19.0 Å². The van der Waals surface area contributed by atoms with E-state index in [1.54, 1.807) is 0 Å². The number of phosphoric acid groups is 1. The molecule has 522 valence electrons. The Kier molecular flexibility index (Phi) is 66.4. The van der Waals surface area contributed by atoms with Gasteiger partial charge in [-0.3, -0.25) is 18.6 Å². The zero-order chi connectivity index (χ0) is 68.3. The summed E-state index contributed by atoms with van der Waals surface area (Å²) in [6.07, 6.45) is 117. The molecular formula is C84H129NO8P+. The second-order valence-electron chi connectivity index (χ2n) is 23.8. The van der Waals surface area contributed by atoms with Crippen molar-refractivity contribution in [2.45, 2.75) is 225 Å². The number of carbonyl (C=O) groups excluding carboxylic acids is 2. The Balaban J connectivity index is 4.28. The zero-order valence-corrected chi connectivity index (χ0v) is 60.2. The van der Waals surface area contributed by atoms with Crippen LogP contribution in [0.3, 0.4) is 0 Å². The van der Waals surface area contributed by atoms with Gasteiger partial charge in [0.05, 0.1) is 27.7 Å². The maximum Gasteiger partial charge on any atom is 0.472 e. The van der Waals surface area contributed by atoms with Gasteiger partial charge in [-0.15, -0.1) is 0 Å². The first-order valence-electron chi connectivity index (χ1n) is 35.8. The SMILES string of the molecule is CC/C=C\C/C=C\C/C=C\C/C=C\C/C=C\C/C=C\C/C=C\C/C=C\C/C=C\C/C=C\CCCCCCC(=O)OCC(COP(=O)(O)OCC[N+](C)(C)C)OC(=O)CCCCCC/C=C\C/C=C\C/C=C\C/C=C\C/C=C\C/C=C\C/C=C\C/C=C\C/C=C\C/C=C\CC. The number of nitrogens with zero attached hydrogens (tertiary/aromatic N) is 1. The molecule has 0 spiro atoms. The van der Waals surface area contributed by atoms with Crippen molar-refractivity contribution in [1.82, 2.24) is 0 Å². The van der Waals surface area contributed by atoms with Gasteiger partial charge in [-0.25, -0.2) is 4.57 Å². The molecule has 0 rings (SSSR count). The maximum atomic E-state index is 12.9. The van der Waals surface area contributed by atoms with Crippen LogP contribution in [0.4, 0.5) is 0 Å². The summed E-state index contributed by atoms with van der Waals surface area (Å²) in [6, 6.07) is 0. The number of likely N-dealkylation sites (N-methyl/N-ethyl adjacent to an activating group) is 1. The van der Waals surface area contributed by atoms with Crippen molar-refractivity contribution in [3.05, 3.63) is 243 Å². The molecule has 0 saturated heterocycles. The number of hydrogen-bond acceptors (Lipinski definition) is 7. The lowest BCUT2D eigenvalue weighted by Crippen LogP contribution is -2.37. The van der Waals surface area contributed by atoms with E-state index in [2.05, 4.69) is 257 Å². The van der Waals surface area contributed by atoms with Crippen LogP contribution >= 0.6 is 7.82 Å². The van der Waals surface area contributed by atoms with Gasteiger partial charge in [0, 0.05) is 12.8 Å². The van der Waals surface area contributed by atoms with Crippen LogP contribution in [0.15, 0.2) is 243 Å². The summed E-state index contributed by atoms with van der Waals surface area (Å²) in [5.41, 5.74) is 0. The highest BCUT2D eigenvalue weighted by atomic mass is 31.2. The summed E-state index contributed by atoms with van der Waals surface area (Å²) < 4.78 is 34.6. The third-order valence-electron chi connectivity index (χ3n) is 13.9. The van der Waals surface area contributed by atoms with Crippen LogP contribution < -0.4 is 0 Å². The molecule has 9 nitrogen and oxygen atoms in total. The Morgan fingerprint density at radius 3 is 0.840 bits per heavy atom. The normalized spacial score (nSPS) is 14.6. The van der Waals surface area contributed by atoms with Gasteiger partial charge in [0.1, 0.15) is 19.8 Å². The van der Waals surface area contributed by atoms with Crippen molar-refractivity contribution < 1.29 is 42.1 Å². The van der Waals surface area contributed by atoms with Gasteiger partial charge in [-0.1, -0.05) is 283 Å². The summed E-state index contributed by atoms with van der Waals surface area (Å²) in [4.78, 5) is 35.9. The highest BCUT2D eigenvalue weighted by Crippen LogP contribution is 2.43. The lowest BCUT2D eigenvalue weighted by atomic mass is 10.1. The number of esters is 2. The molecule has 1 N–H and O–H groups in total. The average Bonchev–Trinajstić information content (AvgIpc) is 2.35. The Bertz CT molecular complexity index is 2490. The lowest BCUT2D eigenvalue weighted by Gasteiger charge is -2.24. The molecule has 0 aromatic rings. The van der Waals surface area contributed by atoms with E-state index in [1.165, 1.54) is 0 Å². The molecule has 0 heterocycles. The van der Waals surface area contributed by atoms with Crippen molar-refractivity contribution in [3.63, 3.8) is 0 Å². The van der Waals surface area contributed by atoms with Crippen LogP contribution in [-0.4, -0.2) is 74.9 Å². The number of allylic oxidation sites excluding steroid dienone is 40. The second-order valence-corrected chi connectivity index (χ2v) is 25.3. The molecule has 0 aromatic heterocycles. The Morgan fingerprint density at radius 2 is 0.574 bits per heavy atom. The molecule has 10 heteroatoms. The summed E-state index contributed by atoms with van der Waals surface area (Å²) >= 11 is 0. The number of rotatable bonds is 62. The van der Waals surface area contributed by atoms with E-state index >= 15 is 0 Å².